The highest BCUT2D eigenvalue weighted by Gasteiger charge is 1.95. The molecule has 0 spiro atoms. The van der Waals surface area contributed by atoms with Crippen molar-refractivity contribution in [1.82, 2.24) is 6.15 Å². The third-order valence-corrected chi connectivity index (χ3v) is 5.09. The average Bonchev–Trinajstić information content (AvgIpc) is 2.52. The average molecular weight is 364 g/mol. The van der Waals surface area contributed by atoms with Crippen LogP contribution < -0.4 is 6.15 Å². The Kier molecular flexibility index (Phi) is 30.8. The minimum atomic E-state index is 0. The summed E-state index contributed by atoms with van der Waals surface area (Å²) in [6, 6.07) is 0. The monoisotopic (exact) mass is 363 g/mol. The van der Waals surface area contributed by atoms with E-state index in [4.69, 9.17) is 11.6 Å². The summed E-state index contributed by atoms with van der Waals surface area (Å²) in [5.74, 6) is 2.55. The van der Waals surface area contributed by atoms with Crippen molar-refractivity contribution in [2.45, 2.75) is 125 Å². The molecule has 0 atom stereocenters. The van der Waals surface area contributed by atoms with Crippen molar-refractivity contribution in [3.8, 4) is 0 Å². The first-order chi connectivity index (χ1) is 11.1. The zero-order valence-corrected chi connectivity index (χ0v) is 18.6. The van der Waals surface area contributed by atoms with Crippen LogP contribution in [-0.4, -0.2) is 5.88 Å². The lowest BCUT2D eigenvalue weighted by molar-refractivity contribution is 0.457. The van der Waals surface area contributed by atoms with E-state index in [1.807, 2.05) is 0 Å². The van der Waals surface area contributed by atoms with E-state index in [0.717, 1.165) is 17.7 Å². The quantitative estimate of drug-likeness (QED) is 0.228. The van der Waals surface area contributed by atoms with E-state index < -0.39 is 0 Å². The molecule has 0 aromatic rings. The summed E-state index contributed by atoms with van der Waals surface area (Å²) in [6.07, 6.45) is 19.8. The lowest BCUT2D eigenvalue weighted by Crippen LogP contribution is -1.95. The van der Waals surface area contributed by atoms with Gasteiger partial charge in [-0.3, -0.25) is 0 Å². The third-order valence-electron chi connectivity index (χ3n) is 4.82. The molecule has 0 aliphatic rings. The van der Waals surface area contributed by atoms with Crippen LogP contribution in [0.25, 0.3) is 0 Å². The number of rotatable bonds is 15. The molecular weight excluding hydrogens is 314 g/mol. The lowest BCUT2D eigenvalue weighted by atomic mass is 10.0. The summed E-state index contributed by atoms with van der Waals surface area (Å²) in [7, 11) is 0. The molecule has 0 aliphatic carbocycles. The molecule has 24 heavy (non-hydrogen) atoms. The molecule has 1 nitrogen and oxygen atoms in total. The van der Waals surface area contributed by atoms with Crippen LogP contribution in [0.3, 0.4) is 0 Å². The Balaban J connectivity index is -0.000000538. The van der Waals surface area contributed by atoms with Crippen molar-refractivity contribution in [3.05, 3.63) is 0 Å². The standard InChI is InChI=1S/C16H33Cl.C6H14.H3N/c1-2-3-4-5-6-7-8-9-10-11-12-13-14-15-16-17;1-5(2)6(3)4;/h2-16H2,1H3;5-6H,1-4H3;1H3. The van der Waals surface area contributed by atoms with Crippen LogP contribution in [0.4, 0.5) is 0 Å². The van der Waals surface area contributed by atoms with Gasteiger partial charge in [0.25, 0.3) is 0 Å². The van der Waals surface area contributed by atoms with Crippen LogP contribution in [0.2, 0.25) is 0 Å². The van der Waals surface area contributed by atoms with Crippen LogP contribution in [0, 0.1) is 11.8 Å². The molecule has 0 saturated heterocycles. The Morgan fingerprint density at radius 2 is 0.750 bits per heavy atom. The second-order valence-electron chi connectivity index (χ2n) is 7.77. The second-order valence-corrected chi connectivity index (χ2v) is 8.15. The summed E-state index contributed by atoms with van der Waals surface area (Å²) < 4.78 is 0. The summed E-state index contributed by atoms with van der Waals surface area (Å²) in [6.45, 7) is 11.2. The van der Waals surface area contributed by atoms with E-state index in [1.54, 1.807) is 0 Å². The van der Waals surface area contributed by atoms with Gasteiger partial charge in [-0.25, -0.2) is 0 Å². The Hall–Kier alpha value is 0.250. The van der Waals surface area contributed by atoms with Gasteiger partial charge >= 0.3 is 0 Å². The molecule has 0 aromatic heterocycles. The van der Waals surface area contributed by atoms with Crippen molar-refractivity contribution < 1.29 is 0 Å². The molecule has 0 bridgehead atoms. The Bertz CT molecular complexity index is 172. The first kappa shape index (κ1) is 29.0. The minimum absolute atomic E-state index is 0. The molecule has 0 amide bonds. The van der Waals surface area contributed by atoms with E-state index in [9.17, 15) is 0 Å². The second kappa shape index (κ2) is 25.5. The van der Waals surface area contributed by atoms with E-state index >= 15 is 0 Å². The van der Waals surface area contributed by atoms with Crippen molar-refractivity contribution in [2.24, 2.45) is 11.8 Å². The fourth-order valence-electron chi connectivity index (χ4n) is 2.29. The van der Waals surface area contributed by atoms with E-state index in [1.165, 1.54) is 89.9 Å². The van der Waals surface area contributed by atoms with Crippen molar-refractivity contribution >= 4 is 11.6 Å². The van der Waals surface area contributed by atoms with E-state index in [2.05, 4.69) is 34.6 Å². The highest BCUT2D eigenvalue weighted by molar-refractivity contribution is 6.17. The maximum absolute atomic E-state index is 5.64. The van der Waals surface area contributed by atoms with Gasteiger partial charge in [-0.2, -0.15) is 0 Å². The van der Waals surface area contributed by atoms with Gasteiger partial charge in [0, 0.05) is 5.88 Å². The molecule has 3 N–H and O–H groups in total. The van der Waals surface area contributed by atoms with Gasteiger partial charge in [0.1, 0.15) is 0 Å². The van der Waals surface area contributed by atoms with Crippen molar-refractivity contribution in [2.75, 3.05) is 5.88 Å². The number of unbranched alkanes of at least 4 members (excludes halogenated alkanes) is 13. The van der Waals surface area contributed by atoms with E-state index in [-0.39, 0.29) is 6.15 Å². The number of hydrogen-bond donors (Lipinski definition) is 1. The Morgan fingerprint density at radius 3 is 0.958 bits per heavy atom. The number of alkyl halides is 1. The predicted molar refractivity (Wildman–Crippen MR) is 116 cm³/mol. The molecule has 0 radical (unpaired) electrons. The highest BCUT2D eigenvalue weighted by atomic mass is 35.5. The van der Waals surface area contributed by atoms with Gasteiger partial charge in [-0.15, -0.1) is 11.6 Å². The molecule has 0 saturated carbocycles. The molecule has 0 fully saturated rings. The topological polar surface area (TPSA) is 35.0 Å². The molecule has 0 aliphatic heterocycles. The summed E-state index contributed by atoms with van der Waals surface area (Å²) in [4.78, 5) is 0. The maximum Gasteiger partial charge on any atom is 0.0223 e. The van der Waals surface area contributed by atoms with E-state index in [0.29, 0.717) is 0 Å². The molecule has 2 heteroatoms. The molecular formula is C22H50ClN. The van der Waals surface area contributed by atoms with Crippen LogP contribution in [0.15, 0.2) is 0 Å². The fraction of sp³-hybridized carbons (Fsp3) is 1.00. The van der Waals surface area contributed by atoms with Crippen LogP contribution >= 0.6 is 11.6 Å². The summed E-state index contributed by atoms with van der Waals surface area (Å²) >= 11 is 5.64. The zero-order valence-electron chi connectivity index (χ0n) is 17.8. The van der Waals surface area contributed by atoms with Crippen molar-refractivity contribution in [3.63, 3.8) is 0 Å². The van der Waals surface area contributed by atoms with Crippen LogP contribution in [0.5, 0.6) is 0 Å². The zero-order chi connectivity index (χ0) is 17.8. The molecule has 0 heterocycles. The Morgan fingerprint density at radius 1 is 0.500 bits per heavy atom. The largest absolute Gasteiger partial charge is 0.344 e. The van der Waals surface area contributed by atoms with Crippen LogP contribution in [0.1, 0.15) is 125 Å². The van der Waals surface area contributed by atoms with Gasteiger partial charge in [0.15, 0.2) is 0 Å². The first-order valence-corrected chi connectivity index (χ1v) is 11.2. The van der Waals surface area contributed by atoms with Gasteiger partial charge < -0.3 is 6.15 Å². The maximum atomic E-state index is 5.64. The normalized spacial score (nSPS) is 10.5. The van der Waals surface area contributed by atoms with Crippen LogP contribution in [-0.2, 0) is 0 Å². The van der Waals surface area contributed by atoms with Gasteiger partial charge in [-0.05, 0) is 18.3 Å². The number of hydrogen-bond acceptors (Lipinski definition) is 1. The lowest BCUT2D eigenvalue weighted by Gasteiger charge is -2.05. The predicted octanol–water partition coefficient (Wildman–Crippen LogP) is 9.17. The highest BCUT2D eigenvalue weighted by Crippen LogP contribution is 2.12. The minimum Gasteiger partial charge on any atom is -0.344 e. The first-order valence-electron chi connectivity index (χ1n) is 10.6. The van der Waals surface area contributed by atoms with Gasteiger partial charge in [-0.1, -0.05) is 118 Å². The van der Waals surface area contributed by atoms with Crippen molar-refractivity contribution in [1.29, 1.82) is 0 Å². The van der Waals surface area contributed by atoms with Gasteiger partial charge in [0.05, 0.1) is 0 Å². The third kappa shape index (κ3) is 30.2. The summed E-state index contributed by atoms with van der Waals surface area (Å²) in [5.41, 5.74) is 0. The Labute approximate surface area is 160 Å². The summed E-state index contributed by atoms with van der Waals surface area (Å²) in [5, 5.41) is 0. The molecule has 0 rings (SSSR count). The molecule has 150 valence electrons. The van der Waals surface area contributed by atoms with Gasteiger partial charge in [0.2, 0.25) is 0 Å². The number of halogens is 1. The molecule has 0 aromatic carbocycles. The fourth-order valence-corrected chi connectivity index (χ4v) is 2.48. The molecule has 0 unspecified atom stereocenters. The SMILES string of the molecule is CC(C)C(C)C.CCCCCCCCCCCCCCCCCl.N. The smallest absolute Gasteiger partial charge is 0.0223 e.